The van der Waals surface area contributed by atoms with E-state index in [0.29, 0.717) is 15.0 Å². The fraction of sp³-hybridized carbons (Fsp3) is 0.235. The normalized spacial score (nSPS) is 12.5. The summed E-state index contributed by atoms with van der Waals surface area (Å²) in [5.41, 5.74) is 1.70. The largest absolute Gasteiger partial charge is 0.356 e. The van der Waals surface area contributed by atoms with Gasteiger partial charge >= 0.3 is 0 Å². The topological polar surface area (TPSA) is 58.2 Å². The molecule has 4 nitrogen and oxygen atoms in total. The maximum atomic E-state index is 11.5. The van der Waals surface area contributed by atoms with Crippen molar-refractivity contribution >= 4 is 44.5 Å². The van der Waals surface area contributed by atoms with Crippen LogP contribution in [0.1, 0.15) is 24.9 Å². The quantitative estimate of drug-likeness (QED) is 0.759. The van der Waals surface area contributed by atoms with Crippen molar-refractivity contribution in [1.29, 1.82) is 0 Å². The Labute approximate surface area is 153 Å². The predicted octanol–water partition coefficient (Wildman–Crippen LogP) is 4.18. The van der Waals surface area contributed by atoms with E-state index in [0.717, 1.165) is 17.7 Å². The SMILES string of the molecule is CC[C@H](NC(=S)Nc1ccccc1Cl)c1ccc(S(C)(=O)=O)cc1. The van der Waals surface area contributed by atoms with Crippen LogP contribution in [0, 0.1) is 0 Å². The van der Waals surface area contributed by atoms with Crippen LogP contribution in [0.2, 0.25) is 5.02 Å². The average molecular weight is 383 g/mol. The van der Waals surface area contributed by atoms with Crippen molar-refractivity contribution in [2.24, 2.45) is 0 Å². The van der Waals surface area contributed by atoms with Gasteiger partial charge in [0.25, 0.3) is 0 Å². The number of nitrogens with one attached hydrogen (secondary N) is 2. The Morgan fingerprint density at radius 3 is 2.33 bits per heavy atom. The number of rotatable bonds is 5. The molecule has 128 valence electrons. The van der Waals surface area contributed by atoms with E-state index in [9.17, 15) is 8.42 Å². The second kappa shape index (κ2) is 7.96. The summed E-state index contributed by atoms with van der Waals surface area (Å²) in [5.74, 6) is 0. The van der Waals surface area contributed by atoms with Gasteiger partial charge in [-0.05, 0) is 48.5 Å². The molecule has 2 N–H and O–H groups in total. The molecule has 24 heavy (non-hydrogen) atoms. The first-order valence-electron chi connectivity index (χ1n) is 7.43. The monoisotopic (exact) mass is 382 g/mol. The fourth-order valence-corrected chi connectivity index (χ4v) is 3.31. The Kier molecular flexibility index (Phi) is 6.21. The molecule has 0 saturated carbocycles. The number of sulfone groups is 1. The van der Waals surface area contributed by atoms with Gasteiger partial charge in [0, 0.05) is 6.26 Å². The number of anilines is 1. The molecule has 2 aromatic rings. The van der Waals surface area contributed by atoms with E-state index >= 15 is 0 Å². The van der Waals surface area contributed by atoms with E-state index in [1.807, 2.05) is 25.1 Å². The minimum atomic E-state index is -3.19. The van der Waals surface area contributed by atoms with Crippen LogP contribution in [0.4, 0.5) is 5.69 Å². The molecular weight excluding hydrogens is 364 g/mol. The maximum Gasteiger partial charge on any atom is 0.175 e. The van der Waals surface area contributed by atoms with Crippen LogP contribution in [0.25, 0.3) is 0 Å². The summed E-state index contributed by atoms with van der Waals surface area (Å²) in [7, 11) is -3.19. The van der Waals surface area contributed by atoms with Crippen molar-refractivity contribution in [2.75, 3.05) is 11.6 Å². The van der Waals surface area contributed by atoms with Gasteiger partial charge in [-0.1, -0.05) is 42.8 Å². The highest BCUT2D eigenvalue weighted by Crippen LogP contribution is 2.22. The van der Waals surface area contributed by atoms with E-state index in [1.165, 1.54) is 6.26 Å². The molecule has 2 rings (SSSR count). The second-order valence-corrected chi connectivity index (χ2v) is 8.21. The van der Waals surface area contributed by atoms with Gasteiger partial charge in [-0.2, -0.15) is 0 Å². The van der Waals surface area contributed by atoms with Crippen molar-refractivity contribution in [1.82, 2.24) is 5.32 Å². The lowest BCUT2D eigenvalue weighted by Gasteiger charge is -2.20. The Morgan fingerprint density at radius 2 is 1.79 bits per heavy atom. The summed E-state index contributed by atoms with van der Waals surface area (Å²) in [6.45, 7) is 2.03. The smallest absolute Gasteiger partial charge is 0.175 e. The molecule has 0 aliphatic carbocycles. The molecule has 0 saturated heterocycles. The highest BCUT2D eigenvalue weighted by atomic mass is 35.5. The zero-order valence-electron chi connectivity index (χ0n) is 13.4. The van der Waals surface area contributed by atoms with Crippen LogP contribution < -0.4 is 10.6 Å². The first-order chi connectivity index (χ1) is 11.3. The molecule has 0 bridgehead atoms. The van der Waals surface area contributed by atoms with Crippen LogP contribution in [0.15, 0.2) is 53.4 Å². The van der Waals surface area contributed by atoms with E-state index in [4.69, 9.17) is 23.8 Å². The first-order valence-corrected chi connectivity index (χ1v) is 10.1. The summed E-state index contributed by atoms with van der Waals surface area (Å²) in [5, 5.41) is 7.35. The molecule has 0 aliphatic heterocycles. The van der Waals surface area contributed by atoms with Crippen LogP contribution >= 0.6 is 23.8 Å². The second-order valence-electron chi connectivity index (χ2n) is 5.38. The first kappa shape index (κ1) is 18.7. The summed E-state index contributed by atoms with van der Waals surface area (Å²) >= 11 is 11.5. The lowest BCUT2D eigenvalue weighted by atomic mass is 10.1. The summed E-state index contributed by atoms with van der Waals surface area (Å²) < 4.78 is 23.1. The van der Waals surface area contributed by atoms with Gasteiger partial charge < -0.3 is 10.6 Å². The number of hydrogen-bond acceptors (Lipinski definition) is 3. The Hall–Kier alpha value is -1.63. The zero-order valence-corrected chi connectivity index (χ0v) is 15.8. The van der Waals surface area contributed by atoms with Crippen LogP contribution in [-0.4, -0.2) is 19.8 Å². The van der Waals surface area contributed by atoms with Crippen molar-refractivity contribution in [3.05, 3.63) is 59.1 Å². The van der Waals surface area contributed by atoms with E-state index in [1.54, 1.807) is 30.3 Å². The minimum absolute atomic E-state index is 0.0268. The highest BCUT2D eigenvalue weighted by Gasteiger charge is 2.13. The van der Waals surface area contributed by atoms with Crippen LogP contribution in [-0.2, 0) is 9.84 Å². The Morgan fingerprint density at radius 1 is 1.17 bits per heavy atom. The summed E-state index contributed by atoms with van der Waals surface area (Å²) in [6, 6.07) is 14.2. The molecule has 0 heterocycles. The molecule has 0 fully saturated rings. The van der Waals surface area contributed by atoms with Gasteiger partial charge in [0.2, 0.25) is 0 Å². The molecule has 0 unspecified atom stereocenters. The third kappa shape index (κ3) is 4.93. The highest BCUT2D eigenvalue weighted by molar-refractivity contribution is 7.90. The standard InChI is InChI=1S/C17H19ClN2O2S2/c1-3-15(12-8-10-13(11-9-12)24(2,21)22)19-17(23)20-16-7-5-4-6-14(16)18/h4-11,15H,3H2,1-2H3,(H2,19,20,23)/t15-/m0/s1. The van der Waals surface area contributed by atoms with Gasteiger partial charge in [0.1, 0.15) is 0 Å². The molecule has 0 spiro atoms. The van der Waals surface area contributed by atoms with E-state index < -0.39 is 9.84 Å². The van der Waals surface area contributed by atoms with Crippen LogP contribution in [0.3, 0.4) is 0 Å². The number of benzene rings is 2. The number of hydrogen-bond donors (Lipinski definition) is 2. The van der Waals surface area contributed by atoms with E-state index in [2.05, 4.69) is 10.6 Å². The molecule has 1 atom stereocenters. The number of halogens is 1. The summed E-state index contributed by atoms with van der Waals surface area (Å²) in [6.07, 6.45) is 1.99. The molecule has 0 amide bonds. The van der Waals surface area contributed by atoms with Crippen molar-refractivity contribution in [3.8, 4) is 0 Å². The van der Waals surface area contributed by atoms with Gasteiger partial charge in [0.15, 0.2) is 14.9 Å². The Balaban J connectivity index is 2.09. The molecule has 2 aromatic carbocycles. The number of thiocarbonyl (C=S) groups is 1. The predicted molar refractivity (Wildman–Crippen MR) is 103 cm³/mol. The Bertz CT molecular complexity index is 821. The fourth-order valence-electron chi connectivity index (χ4n) is 2.25. The van der Waals surface area contributed by atoms with Crippen LogP contribution in [0.5, 0.6) is 0 Å². The minimum Gasteiger partial charge on any atom is -0.356 e. The van der Waals surface area contributed by atoms with Gasteiger partial charge in [-0.3, -0.25) is 0 Å². The average Bonchev–Trinajstić information content (AvgIpc) is 2.54. The third-order valence-electron chi connectivity index (χ3n) is 3.55. The maximum absolute atomic E-state index is 11.5. The van der Waals surface area contributed by atoms with Gasteiger partial charge in [-0.15, -0.1) is 0 Å². The van der Waals surface area contributed by atoms with Crippen molar-refractivity contribution in [3.63, 3.8) is 0 Å². The molecule has 0 aliphatic rings. The molecule has 0 radical (unpaired) electrons. The summed E-state index contributed by atoms with van der Waals surface area (Å²) in [4.78, 5) is 0.304. The lowest BCUT2D eigenvalue weighted by Crippen LogP contribution is -2.32. The molecule has 0 aromatic heterocycles. The number of para-hydroxylation sites is 1. The third-order valence-corrected chi connectivity index (χ3v) is 5.22. The lowest BCUT2D eigenvalue weighted by molar-refractivity contribution is 0.601. The molecular formula is C17H19ClN2O2S2. The molecule has 7 heteroatoms. The van der Waals surface area contributed by atoms with Crippen molar-refractivity contribution < 1.29 is 8.42 Å². The van der Waals surface area contributed by atoms with Gasteiger partial charge in [-0.25, -0.2) is 8.42 Å². The van der Waals surface area contributed by atoms with Gasteiger partial charge in [0.05, 0.1) is 21.6 Å². The zero-order chi connectivity index (χ0) is 17.7. The van der Waals surface area contributed by atoms with E-state index in [-0.39, 0.29) is 6.04 Å². The van der Waals surface area contributed by atoms with Crippen molar-refractivity contribution in [2.45, 2.75) is 24.3 Å².